The Kier molecular flexibility index (Phi) is 5.80. The fourth-order valence-electron chi connectivity index (χ4n) is 2.99. The van der Waals surface area contributed by atoms with Crippen LogP contribution < -0.4 is 16.3 Å². The number of rotatable bonds is 4. The van der Waals surface area contributed by atoms with Gasteiger partial charge in [0.25, 0.3) is 0 Å². The molecule has 2 aliphatic rings. The number of nitrogens with two attached hydrogens (primary N) is 1. The first kappa shape index (κ1) is 20.3. The standard InChI is InChI=1S/C15H18FN3.C4H4O4/c1-9(17)8-19-13-6-10-12(16)4-5-15(2,3)14(10)11(13)7-18-19;5-3(6)1-2-4(7)8/h4-7,9H,8,17H2,1-3H3;1-2H,(H,5,6)(H,7,8)/b;2-1+. The molecule has 1 aromatic rings. The number of allylic oxidation sites excluding steroid dienone is 4. The van der Waals surface area contributed by atoms with E-state index in [4.69, 9.17) is 15.9 Å². The number of aliphatic carboxylic acids is 2. The van der Waals surface area contributed by atoms with Gasteiger partial charge in [0.15, 0.2) is 0 Å². The fraction of sp³-hybridized carbons (Fsp3) is 0.316. The third-order valence-corrected chi connectivity index (χ3v) is 4.08. The minimum atomic E-state index is -1.26. The van der Waals surface area contributed by atoms with Crippen molar-refractivity contribution < 1.29 is 24.2 Å². The fourth-order valence-corrected chi connectivity index (χ4v) is 2.99. The average molecular weight is 375 g/mol. The largest absolute Gasteiger partial charge is 0.478 e. The van der Waals surface area contributed by atoms with E-state index in [0.717, 1.165) is 16.1 Å². The molecule has 1 heterocycles. The molecule has 27 heavy (non-hydrogen) atoms. The Balaban J connectivity index is 0.000000279. The topological polar surface area (TPSA) is 118 Å². The van der Waals surface area contributed by atoms with Crippen LogP contribution in [0.3, 0.4) is 0 Å². The third-order valence-electron chi connectivity index (χ3n) is 4.08. The normalized spacial score (nSPS) is 17.7. The molecule has 0 spiro atoms. The number of hydrogen-bond donors (Lipinski definition) is 3. The first-order valence-corrected chi connectivity index (χ1v) is 8.30. The van der Waals surface area contributed by atoms with Crippen LogP contribution in [0.4, 0.5) is 4.39 Å². The second-order valence-corrected chi connectivity index (χ2v) is 6.95. The number of fused-ring (bicyclic) bond motifs is 2. The van der Waals surface area contributed by atoms with Crippen LogP contribution in [0.1, 0.15) is 20.8 Å². The molecule has 0 bridgehead atoms. The van der Waals surface area contributed by atoms with Crippen molar-refractivity contribution in [2.24, 2.45) is 11.1 Å². The molecule has 0 saturated heterocycles. The van der Waals surface area contributed by atoms with Gasteiger partial charge in [0.05, 0.1) is 18.1 Å². The molecule has 8 heteroatoms. The van der Waals surface area contributed by atoms with Gasteiger partial charge in [0, 0.05) is 34.4 Å². The Morgan fingerprint density at radius 1 is 1.33 bits per heavy atom. The van der Waals surface area contributed by atoms with Crippen molar-refractivity contribution in [2.45, 2.75) is 33.4 Å². The van der Waals surface area contributed by atoms with Crippen LogP contribution >= 0.6 is 0 Å². The van der Waals surface area contributed by atoms with Crippen molar-refractivity contribution >= 4 is 23.6 Å². The summed E-state index contributed by atoms with van der Waals surface area (Å²) in [7, 11) is 0. The minimum absolute atomic E-state index is 0.0231. The summed E-state index contributed by atoms with van der Waals surface area (Å²) in [4.78, 5) is 19.1. The number of carbonyl (C=O) groups is 2. The second kappa shape index (κ2) is 7.71. The highest BCUT2D eigenvalue weighted by Gasteiger charge is 2.32. The molecule has 0 amide bonds. The maximum atomic E-state index is 14.0. The lowest BCUT2D eigenvalue weighted by Gasteiger charge is -2.27. The van der Waals surface area contributed by atoms with Gasteiger partial charge < -0.3 is 15.9 Å². The van der Waals surface area contributed by atoms with E-state index in [0.29, 0.717) is 24.3 Å². The lowest BCUT2D eigenvalue weighted by atomic mass is 9.77. The van der Waals surface area contributed by atoms with Crippen LogP contribution in [0.2, 0.25) is 0 Å². The molecule has 4 N–H and O–H groups in total. The van der Waals surface area contributed by atoms with E-state index in [2.05, 4.69) is 18.9 Å². The third kappa shape index (κ3) is 4.59. The number of hydrogen-bond acceptors (Lipinski definition) is 4. The molecule has 144 valence electrons. The maximum absolute atomic E-state index is 14.0. The molecule has 0 fully saturated rings. The zero-order valence-electron chi connectivity index (χ0n) is 15.3. The van der Waals surface area contributed by atoms with Crippen molar-refractivity contribution in [1.29, 1.82) is 0 Å². The summed E-state index contributed by atoms with van der Waals surface area (Å²) >= 11 is 0. The van der Waals surface area contributed by atoms with Crippen molar-refractivity contribution in [1.82, 2.24) is 9.78 Å². The number of halogens is 1. The molecule has 2 aliphatic carbocycles. The Labute approximate surface area is 155 Å². The van der Waals surface area contributed by atoms with E-state index < -0.39 is 11.9 Å². The van der Waals surface area contributed by atoms with Crippen LogP contribution in [-0.2, 0) is 16.1 Å². The minimum Gasteiger partial charge on any atom is -0.478 e. The molecule has 1 atom stereocenters. The Bertz CT molecular complexity index is 965. The van der Waals surface area contributed by atoms with Gasteiger partial charge in [-0.3, -0.25) is 4.68 Å². The molecule has 0 radical (unpaired) electrons. The number of carboxylic acids is 2. The van der Waals surface area contributed by atoms with Gasteiger partial charge >= 0.3 is 11.9 Å². The molecule has 1 aromatic heterocycles. The van der Waals surface area contributed by atoms with Crippen LogP contribution in [0.25, 0.3) is 11.6 Å². The Morgan fingerprint density at radius 3 is 2.44 bits per heavy atom. The summed E-state index contributed by atoms with van der Waals surface area (Å²) in [5, 5.41) is 22.0. The molecule has 0 aliphatic heterocycles. The summed E-state index contributed by atoms with van der Waals surface area (Å²) in [5.74, 6) is -2.68. The van der Waals surface area contributed by atoms with E-state index >= 15 is 0 Å². The molecule has 0 aromatic carbocycles. The maximum Gasteiger partial charge on any atom is 0.328 e. The predicted octanol–water partition coefficient (Wildman–Crippen LogP) is 0.706. The van der Waals surface area contributed by atoms with E-state index in [9.17, 15) is 14.0 Å². The van der Waals surface area contributed by atoms with Crippen LogP contribution in [0.15, 0.2) is 41.9 Å². The lowest BCUT2D eigenvalue weighted by molar-refractivity contribution is -0.134. The summed E-state index contributed by atoms with van der Waals surface area (Å²) in [5.41, 5.74) is 7.37. The summed E-state index contributed by atoms with van der Waals surface area (Å²) in [6.07, 6.45) is 8.30. The first-order valence-electron chi connectivity index (χ1n) is 8.30. The zero-order chi connectivity index (χ0) is 20.4. The van der Waals surface area contributed by atoms with Gasteiger partial charge in [-0.25, -0.2) is 14.0 Å². The van der Waals surface area contributed by atoms with E-state index in [-0.39, 0.29) is 17.3 Å². The summed E-state index contributed by atoms with van der Waals surface area (Å²) in [6.45, 7) is 6.77. The SMILES string of the molecule is CC(N)Cn1ncc2c1=CC1=C(F)C=CC(C)(C)C=21.O=C(O)/C=C/C(=O)O. The van der Waals surface area contributed by atoms with Crippen molar-refractivity contribution in [2.75, 3.05) is 0 Å². The molecular formula is C19H22FN3O4. The summed E-state index contributed by atoms with van der Waals surface area (Å²) in [6, 6.07) is 0.0231. The van der Waals surface area contributed by atoms with E-state index in [1.165, 1.54) is 0 Å². The van der Waals surface area contributed by atoms with E-state index in [1.54, 1.807) is 6.08 Å². The van der Waals surface area contributed by atoms with Gasteiger partial charge in [-0.15, -0.1) is 0 Å². The van der Waals surface area contributed by atoms with Crippen LogP contribution in [-0.4, -0.2) is 38.0 Å². The molecular weight excluding hydrogens is 353 g/mol. The number of aromatic nitrogens is 2. The second-order valence-electron chi connectivity index (χ2n) is 6.95. The average Bonchev–Trinajstić information content (AvgIpc) is 3.10. The van der Waals surface area contributed by atoms with Crippen LogP contribution in [0.5, 0.6) is 0 Å². The monoisotopic (exact) mass is 375 g/mol. The lowest BCUT2D eigenvalue weighted by Crippen LogP contribution is -2.34. The number of carboxylic acid groups (broad SMARTS) is 2. The van der Waals surface area contributed by atoms with Gasteiger partial charge in [-0.05, 0) is 24.6 Å². The highest BCUT2D eigenvalue weighted by molar-refractivity contribution is 5.89. The Morgan fingerprint density at radius 2 is 1.93 bits per heavy atom. The van der Waals surface area contributed by atoms with Gasteiger partial charge in [0.2, 0.25) is 0 Å². The predicted molar refractivity (Wildman–Crippen MR) is 98.5 cm³/mol. The highest BCUT2D eigenvalue weighted by Crippen LogP contribution is 2.41. The van der Waals surface area contributed by atoms with Crippen LogP contribution in [0, 0.1) is 5.41 Å². The molecule has 7 nitrogen and oxygen atoms in total. The van der Waals surface area contributed by atoms with E-state index in [1.807, 2.05) is 30.0 Å². The quantitative estimate of drug-likeness (QED) is 0.667. The van der Waals surface area contributed by atoms with Gasteiger partial charge in [0.1, 0.15) is 5.83 Å². The smallest absolute Gasteiger partial charge is 0.328 e. The zero-order valence-corrected chi connectivity index (χ0v) is 15.3. The van der Waals surface area contributed by atoms with Crippen molar-refractivity contribution in [3.63, 3.8) is 0 Å². The summed E-state index contributed by atoms with van der Waals surface area (Å²) < 4.78 is 15.9. The Hall–Kier alpha value is -3.00. The van der Waals surface area contributed by atoms with Gasteiger partial charge in [-0.1, -0.05) is 19.9 Å². The van der Waals surface area contributed by atoms with Crippen molar-refractivity contribution in [3.8, 4) is 0 Å². The first-order chi connectivity index (χ1) is 12.5. The van der Waals surface area contributed by atoms with Gasteiger partial charge in [-0.2, -0.15) is 5.10 Å². The van der Waals surface area contributed by atoms with Crippen molar-refractivity contribution in [3.05, 3.63) is 52.5 Å². The molecule has 1 unspecified atom stereocenters. The highest BCUT2D eigenvalue weighted by atomic mass is 19.1. The molecule has 3 rings (SSSR count). The molecule has 0 saturated carbocycles. The number of nitrogens with zero attached hydrogens (tertiary/aromatic N) is 2.